The topological polar surface area (TPSA) is 55.6 Å². The van der Waals surface area contributed by atoms with Crippen molar-refractivity contribution in [2.45, 2.75) is 38.0 Å². The molecular weight excluding hydrogens is 276 g/mol. The number of hydrogen-bond acceptors (Lipinski definition) is 4. The minimum absolute atomic E-state index is 0.399. The molecule has 0 unspecified atom stereocenters. The van der Waals surface area contributed by atoms with Crippen molar-refractivity contribution < 1.29 is 9.53 Å². The predicted molar refractivity (Wildman–Crippen MR) is 89.3 cm³/mol. The number of ether oxygens (including phenoxy) is 1. The van der Waals surface area contributed by atoms with E-state index in [0.29, 0.717) is 13.2 Å². The van der Waals surface area contributed by atoms with Gasteiger partial charge >= 0.3 is 0 Å². The molecule has 2 aliphatic rings. The van der Waals surface area contributed by atoms with Crippen molar-refractivity contribution in [2.75, 3.05) is 36.9 Å². The van der Waals surface area contributed by atoms with Crippen LogP contribution in [0.5, 0.6) is 0 Å². The number of carbonyl (C=O) groups excluding carboxylic acids is 1. The maximum Gasteiger partial charge on any atom is 0.130 e. The van der Waals surface area contributed by atoms with Crippen molar-refractivity contribution in [2.24, 2.45) is 5.92 Å². The van der Waals surface area contributed by atoms with Gasteiger partial charge in [-0.25, -0.2) is 0 Å². The third kappa shape index (κ3) is 2.84. The zero-order valence-corrected chi connectivity index (χ0v) is 13.4. The molecule has 0 aromatic heterocycles. The first kappa shape index (κ1) is 15.3. The minimum atomic E-state index is -0.399. The minimum Gasteiger partial charge on any atom is -0.397 e. The highest BCUT2D eigenvalue weighted by Gasteiger charge is 2.35. The van der Waals surface area contributed by atoms with Gasteiger partial charge in [-0.2, -0.15) is 0 Å². The number of nitrogens with two attached hydrogens (primary N) is 1. The lowest BCUT2D eigenvalue weighted by atomic mass is 9.75. The molecule has 2 heterocycles. The van der Waals surface area contributed by atoms with Crippen LogP contribution in [0.15, 0.2) is 18.2 Å². The first-order valence-corrected chi connectivity index (χ1v) is 8.34. The van der Waals surface area contributed by atoms with E-state index in [0.717, 1.165) is 55.1 Å². The summed E-state index contributed by atoms with van der Waals surface area (Å²) in [5.74, 6) is 0.789. The molecule has 0 saturated carbocycles. The molecular formula is C18H26N2O2. The number of benzene rings is 1. The van der Waals surface area contributed by atoms with Gasteiger partial charge in [0.1, 0.15) is 6.29 Å². The molecule has 1 aromatic carbocycles. The second-order valence-corrected chi connectivity index (χ2v) is 6.83. The Balaban J connectivity index is 1.90. The van der Waals surface area contributed by atoms with Gasteiger partial charge in [0.05, 0.1) is 16.8 Å². The molecule has 2 N–H and O–H groups in total. The Morgan fingerprint density at radius 3 is 2.59 bits per heavy atom. The number of hydrogen-bond donors (Lipinski definition) is 1. The van der Waals surface area contributed by atoms with Gasteiger partial charge < -0.3 is 20.2 Å². The van der Waals surface area contributed by atoms with Crippen molar-refractivity contribution in [1.82, 2.24) is 0 Å². The molecule has 0 amide bonds. The van der Waals surface area contributed by atoms with Crippen LogP contribution in [0.4, 0.5) is 11.4 Å². The predicted octanol–water partition coefficient (Wildman–Crippen LogP) is 2.75. The number of nitrogen functional groups attached to an aromatic ring is 1. The van der Waals surface area contributed by atoms with Crippen molar-refractivity contribution in [1.29, 1.82) is 0 Å². The summed E-state index contributed by atoms with van der Waals surface area (Å²) in [5.41, 5.74) is 8.81. The van der Waals surface area contributed by atoms with Crippen LogP contribution in [0.3, 0.4) is 0 Å². The van der Waals surface area contributed by atoms with Gasteiger partial charge in [0.15, 0.2) is 0 Å². The van der Waals surface area contributed by atoms with Crippen LogP contribution < -0.4 is 10.6 Å². The molecule has 1 aromatic rings. The Hall–Kier alpha value is -1.55. The van der Waals surface area contributed by atoms with Gasteiger partial charge in [-0.3, -0.25) is 0 Å². The van der Waals surface area contributed by atoms with Gasteiger partial charge in [-0.1, -0.05) is 13.0 Å². The monoisotopic (exact) mass is 302 g/mol. The van der Waals surface area contributed by atoms with Crippen LogP contribution in [-0.2, 0) is 14.9 Å². The Morgan fingerprint density at radius 2 is 1.95 bits per heavy atom. The molecule has 0 aliphatic carbocycles. The molecule has 2 aliphatic heterocycles. The fourth-order valence-electron chi connectivity index (χ4n) is 3.59. The Labute approximate surface area is 132 Å². The quantitative estimate of drug-likeness (QED) is 0.689. The van der Waals surface area contributed by atoms with Crippen LogP contribution >= 0.6 is 0 Å². The van der Waals surface area contributed by atoms with E-state index in [1.807, 2.05) is 12.1 Å². The van der Waals surface area contributed by atoms with E-state index in [2.05, 4.69) is 17.9 Å². The average molecular weight is 302 g/mol. The molecule has 4 nitrogen and oxygen atoms in total. The summed E-state index contributed by atoms with van der Waals surface area (Å²) in [5, 5.41) is 0. The number of aldehydes is 1. The van der Waals surface area contributed by atoms with E-state index in [-0.39, 0.29) is 0 Å². The summed E-state index contributed by atoms with van der Waals surface area (Å²) in [7, 11) is 0. The highest BCUT2D eigenvalue weighted by molar-refractivity contribution is 5.75. The normalized spacial score (nSPS) is 22.5. The van der Waals surface area contributed by atoms with E-state index in [9.17, 15) is 4.79 Å². The molecule has 0 radical (unpaired) electrons. The zero-order valence-electron chi connectivity index (χ0n) is 13.4. The van der Waals surface area contributed by atoms with E-state index >= 15 is 0 Å². The van der Waals surface area contributed by atoms with Crippen molar-refractivity contribution >= 4 is 17.7 Å². The fraction of sp³-hybridized carbons (Fsp3) is 0.611. The first-order chi connectivity index (χ1) is 10.6. The molecule has 0 atom stereocenters. The highest BCUT2D eigenvalue weighted by atomic mass is 16.5. The zero-order chi connectivity index (χ0) is 15.6. The average Bonchev–Trinajstić information content (AvgIpc) is 2.57. The number of rotatable bonds is 3. The number of nitrogens with zero attached hydrogens (tertiary/aromatic N) is 1. The molecule has 3 rings (SSSR count). The van der Waals surface area contributed by atoms with Crippen LogP contribution in [0, 0.1) is 5.92 Å². The van der Waals surface area contributed by atoms with Crippen LogP contribution in [0.1, 0.15) is 38.2 Å². The van der Waals surface area contributed by atoms with Crippen molar-refractivity contribution in [3.8, 4) is 0 Å². The molecule has 0 bridgehead atoms. The van der Waals surface area contributed by atoms with Gasteiger partial charge in [0.25, 0.3) is 0 Å². The van der Waals surface area contributed by atoms with Crippen LogP contribution in [-0.4, -0.2) is 32.6 Å². The Kier molecular flexibility index (Phi) is 4.39. The van der Waals surface area contributed by atoms with Crippen LogP contribution in [0.25, 0.3) is 0 Å². The summed E-state index contributed by atoms with van der Waals surface area (Å²) in [6, 6.07) is 6.12. The van der Waals surface area contributed by atoms with Gasteiger partial charge in [-0.05, 0) is 49.3 Å². The highest BCUT2D eigenvalue weighted by Crippen LogP contribution is 2.37. The van der Waals surface area contributed by atoms with Gasteiger partial charge in [0.2, 0.25) is 0 Å². The number of carbonyl (C=O) groups is 1. The second-order valence-electron chi connectivity index (χ2n) is 6.83. The largest absolute Gasteiger partial charge is 0.397 e. The smallest absolute Gasteiger partial charge is 0.130 e. The Morgan fingerprint density at radius 1 is 1.27 bits per heavy atom. The molecule has 0 spiro atoms. The lowest BCUT2D eigenvalue weighted by Crippen LogP contribution is -2.36. The van der Waals surface area contributed by atoms with Gasteiger partial charge in [0, 0.05) is 26.3 Å². The van der Waals surface area contributed by atoms with E-state index in [1.165, 1.54) is 12.8 Å². The summed E-state index contributed by atoms with van der Waals surface area (Å²) < 4.78 is 5.44. The first-order valence-electron chi connectivity index (χ1n) is 8.34. The standard InChI is InChI=1S/C18H26N2O2/c1-14-4-8-20(9-5-14)17-12-15(2-3-16(17)19)18(13-21)6-10-22-11-7-18/h2-3,12-14H,4-11,19H2,1H3. The summed E-state index contributed by atoms with van der Waals surface area (Å²) in [4.78, 5) is 14.2. The number of piperidine rings is 1. The Bertz CT molecular complexity index is 530. The maximum atomic E-state index is 11.8. The summed E-state index contributed by atoms with van der Waals surface area (Å²) >= 11 is 0. The molecule has 22 heavy (non-hydrogen) atoms. The molecule has 2 fully saturated rings. The fourth-order valence-corrected chi connectivity index (χ4v) is 3.59. The SMILES string of the molecule is CC1CCN(c2cc(C3(C=O)CCOCC3)ccc2N)CC1. The lowest BCUT2D eigenvalue weighted by molar-refractivity contribution is -0.115. The molecule has 120 valence electrons. The molecule has 4 heteroatoms. The summed E-state index contributed by atoms with van der Waals surface area (Å²) in [6.07, 6.45) is 5.05. The summed E-state index contributed by atoms with van der Waals surface area (Å²) in [6.45, 7) is 5.71. The van der Waals surface area contributed by atoms with E-state index in [4.69, 9.17) is 10.5 Å². The molecule has 2 saturated heterocycles. The van der Waals surface area contributed by atoms with Crippen molar-refractivity contribution in [3.05, 3.63) is 23.8 Å². The van der Waals surface area contributed by atoms with Crippen LogP contribution in [0.2, 0.25) is 0 Å². The van der Waals surface area contributed by atoms with E-state index in [1.54, 1.807) is 0 Å². The maximum absolute atomic E-state index is 11.8. The third-order valence-corrected chi connectivity index (χ3v) is 5.34. The second kappa shape index (κ2) is 6.29. The van der Waals surface area contributed by atoms with E-state index < -0.39 is 5.41 Å². The third-order valence-electron chi connectivity index (χ3n) is 5.34. The number of anilines is 2. The lowest BCUT2D eigenvalue weighted by Gasteiger charge is -2.36. The van der Waals surface area contributed by atoms with Gasteiger partial charge in [-0.15, -0.1) is 0 Å². The van der Waals surface area contributed by atoms with Crippen molar-refractivity contribution in [3.63, 3.8) is 0 Å².